The van der Waals surface area contributed by atoms with E-state index in [1.807, 2.05) is 56.5 Å². The monoisotopic (exact) mass is 164 g/mol. The Kier molecular flexibility index (Phi) is 2.80. The number of hydrogen-bond donors (Lipinski definition) is 0. The Morgan fingerprint density at radius 3 is 2.42 bits per heavy atom. The maximum absolute atomic E-state index is 4.12. The summed E-state index contributed by atoms with van der Waals surface area (Å²) in [5.74, 6) is 0. The molecule has 64 valence electrons. The maximum atomic E-state index is 4.12. The van der Waals surface area contributed by atoms with Crippen LogP contribution in [0.3, 0.4) is 0 Å². The van der Waals surface area contributed by atoms with Gasteiger partial charge in [-0.2, -0.15) is 5.10 Å². The molecule has 1 rings (SSSR count). The molecule has 0 amide bonds. The van der Waals surface area contributed by atoms with E-state index >= 15 is 0 Å². The standard InChI is InChI=1S/C9H14N3/c1-11(2)10-8-9-4-6-12(3)7-5-9/h4-8H,1-3H3/q+1. The fraction of sp³-hybridized carbons (Fsp3) is 0.333. The van der Waals surface area contributed by atoms with Crippen LogP contribution in [0.4, 0.5) is 0 Å². The normalized spacial score (nSPS) is 10.6. The van der Waals surface area contributed by atoms with Crippen molar-refractivity contribution in [3.05, 3.63) is 30.1 Å². The number of aromatic nitrogens is 1. The predicted octanol–water partition coefficient (Wildman–Crippen LogP) is 0.407. The number of nitrogens with zero attached hydrogens (tertiary/aromatic N) is 3. The third-order valence-electron chi connectivity index (χ3n) is 1.44. The molecule has 0 radical (unpaired) electrons. The van der Waals surface area contributed by atoms with Crippen molar-refractivity contribution in [1.29, 1.82) is 0 Å². The molecule has 0 saturated heterocycles. The predicted molar refractivity (Wildman–Crippen MR) is 48.9 cm³/mol. The van der Waals surface area contributed by atoms with Gasteiger partial charge in [-0.05, 0) is 0 Å². The molecule has 3 heteroatoms. The third kappa shape index (κ3) is 2.70. The zero-order valence-electron chi connectivity index (χ0n) is 7.73. The first-order chi connectivity index (χ1) is 5.68. The number of hydrazone groups is 1. The third-order valence-corrected chi connectivity index (χ3v) is 1.44. The van der Waals surface area contributed by atoms with E-state index in [0.717, 1.165) is 5.56 Å². The highest BCUT2D eigenvalue weighted by molar-refractivity contribution is 5.78. The molecule has 0 aliphatic heterocycles. The average Bonchev–Trinajstić information content (AvgIpc) is 2.03. The second-order valence-electron chi connectivity index (χ2n) is 2.89. The van der Waals surface area contributed by atoms with Gasteiger partial charge in [0, 0.05) is 31.8 Å². The summed E-state index contributed by atoms with van der Waals surface area (Å²) in [5.41, 5.74) is 1.11. The average molecular weight is 164 g/mol. The summed E-state index contributed by atoms with van der Waals surface area (Å²) in [6.07, 6.45) is 5.83. The van der Waals surface area contributed by atoms with Gasteiger partial charge in [-0.25, -0.2) is 4.57 Å². The van der Waals surface area contributed by atoms with E-state index in [4.69, 9.17) is 0 Å². The maximum Gasteiger partial charge on any atom is 0.169 e. The van der Waals surface area contributed by atoms with Crippen molar-refractivity contribution in [2.75, 3.05) is 14.1 Å². The van der Waals surface area contributed by atoms with Gasteiger partial charge in [0.05, 0.1) is 6.21 Å². The molecule has 0 spiro atoms. The van der Waals surface area contributed by atoms with Crippen LogP contribution in [0.25, 0.3) is 0 Å². The van der Waals surface area contributed by atoms with E-state index < -0.39 is 0 Å². The minimum Gasteiger partial charge on any atom is -0.303 e. The molecule has 0 bridgehead atoms. The van der Waals surface area contributed by atoms with Crippen LogP contribution in [0, 0.1) is 0 Å². The SMILES string of the molecule is CN(C)/N=C/c1cc[n+](C)cc1. The molecular formula is C9H14N3+. The summed E-state index contributed by atoms with van der Waals surface area (Å²) in [4.78, 5) is 0. The molecule has 0 fully saturated rings. The van der Waals surface area contributed by atoms with Crippen molar-refractivity contribution in [2.45, 2.75) is 0 Å². The van der Waals surface area contributed by atoms with E-state index in [-0.39, 0.29) is 0 Å². The highest BCUT2D eigenvalue weighted by Gasteiger charge is 1.91. The minimum absolute atomic E-state index is 1.11. The van der Waals surface area contributed by atoms with E-state index in [2.05, 4.69) is 5.10 Å². The molecular weight excluding hydrogens is 150 g/mol. The molecule has 0 N–H and O–H groups in total. The van der Waals surface area contributed by atoms with Crippen molar-refractivity contribution in [3.8, 4) is 0 Å². The lowest BCUT2D eigenvalue weighted by atomic mass is 10.3. The van der Waals surface area contributed by atoms with Crippen LogP contribution >= 0.6 is 0 Å². The van der Waals surface area contributed by atoms with Crippen molar-refractivity contribution >= 4 is 6.21 Å². The molecule has 12 heavy (non-hydrogen) atoms. The van der Waals surface area contributed by atoms with Gasteiger partial charge in [-0.3, -0.25) is 0 Å². The van der Waals surface area contributed by atoms with Crippen LogP contribution in [0.5, 0.6) is 0 Å². The molecule has 0 aromatic carbocycles. The Balaban J connectivity index is 2.71. The molecule has 1 aromatic heterocycles. The molecule has 0 aliphatic rings. The van der Waals surface area contributed by atoms with Gasteiger partial charge in [0.15, 0.2) is 12.4 Å². The van der Waals surface area contributed by atoms with Gasteiger partial charge in [0.2, 0.25) is 0 Å². The first-order valence-electron chi connectivity index (χ1n) is 3.85. The number of rotatable bonds is 2. The lowest BCUT2D eigenvalue weighted by Crippen LogP contribution is -2.25. The second kappa shape index (κ2) is 3.85. The first-order valence-corrected chi connectivity index (χ1v) is 3.85. The summed E-state index contributed by atoms with van der Waals surface area (Å²) in [6, 6.07) is 4.04. The van der Waals surface area contributed by atoms with Crippen LogP contribution < -0.4 is 4.57 Å². The largest absolute Gasteiger partial charge is 0.303 e. The van der Waals surface area contributed by atoms with E-state index in [0.29, 0.717) is 0 Å². The number of hydrogen-bond acceptors (Lipinski definition) is 2. The fourth-order valence-corrected chi connectivity index (χ4v) is 0.781. The molecule has 0 saturated carbocycles. The van der Waals surface area contributed by atoms with Crippen LogP contribution in [0.15, 0.2) is 29.6 Å². The van der Waals surface area contributed by atoms with Crippen LogP contribution in [0.1, 0.15) is 5.56 Å². The van der Waals surface area contributed by atoms with Gasteiger partial charge < -0.3 is 5.01 Å². The summed E-state index contributed by atoms with van der Waals surface area (Å²) in [7, 11) is 5.80. The Labute approximate surface area is 72.9 Å². The molecule has 0 atom stereocenters. The highest BCUT2D eigenvalue weighted by Crippen LogP contribution is 1.90. The number of aryl methyl sites for hydroxylation is 1. The molecule has 1 aromatic rings. The zero-order valence-corrected chi connectivity index (χ0v) is 7.73. The molecule has 3 nitrogen and oxygen atoms in total. The lowest BCUT2D eigenvalue weighted by molar-refractivity contribution is -0.671. The first kappa shape index (κ1) is 8.71. The van der Waals surface area contributed by atoms with Gasteiger partial charge >= 0.3 is 0 Å². The summed E-state index contributed by atoms with van der Waals surface area (Å²) in [6.45, 7) is 0. The Bertz CT molecular complexity index is 262. The van der Waals surface area contributed by atoms with Crippen LogP contribution in [-0.4, -0.2) is 25.3 Å². The second-order valence-corrected chi connectivity index (χ2v) is 2.89. The van der Waals surface area contributed by atoms with E-state index in [1.54, 1.807) is 5.01 Å². The Morgan fingerprint density at radius 1 is 1.33 bits per heavy atom. The Morgan fingerprint density at radius 2 is 1.92 bits per heavy atom. The van der Waals surface area contributed by atoms with Crippen molar-refractivity contribution in [1.82, 2.24) is 5.01 Å². The molecule has 0 unspecified atom stereocenters. The van der Waals surface area contributed by atoms with E-state index in [1.165, 1.54) is 0 Å². The van der Waals surface area contributed by atoms with Crippen molar-refractivity contribution < 1.29 is 4.57 Å². The summed E-state index contributed by atoms with van der Waals surface area (Å²) < 4.78 is 1.99. The van der Waals surface area contributed by atoms with Gasteiger partial charge in [-0.1, -0.05) is 0 Å². The minimum atomic E-state index is 1.11. The summed E-state index contributed by atoms with van der Waals surface area (Å²) in [5, 5.41) is 5.89. The highest BCUT2D eigenvalue weighted by atomic mass is 15.4. The van der Waals surface area contributed by atoms with Gasteiger partial charge in [0.25, 0.3) is 0 Å². The van der Waals surface area contributed by atoms with Gasteiger partial charge in [-0.15, -0.1) is 0 Å². The van der Waals surface area contributed by atoms with Crippen LogP contribution in [0.2, 0.25) is 0 Å². The molecule has 0 aliphatic carbocycles. The smallest absolute Gasteiger partial charge is 0.169 e. The van der Waals surface area contributed by atoms with Crippen molar-refractivity contribution in [2.24, 2.45) is 12.1 Å². The van der Waals surface area contributed by atoms with Gasteiger partial charge in [0.1, 0.15) is 7.05 Å². The topological polar surface area (TPSA) is 19.5 Å². The Hall–Kier alpha value is -1.38. The van der Waals surface area contributed by atoms with E-state index in [9.17, 15) is 0 Å². The quantitative estimate of drug-likeness (QED) is 0.352. The molecule has 1 heterocycles. The fourth-order valence-electron chi connectivity index (χ4n) is 0.781. The summed E-state index contributed by atoms with van der Waals surface area (Å²) >= 11 is 0. The lowest BCUT2D eigenvalue weighted by Gasteiger charge is -2.01. The van der Waals surface area contributed by atoms with Crippen molar-refractivity contribution in [3.63, 3.8) is 0 Å². The van der Waals surface area contributed by atoms with Crippen LogP contribution in [-0.2, 0) is 7.05 Å². The number of pyridine rings is 1. The zero-order chi connectivity index (χ0) is 8.97.